The smallest absolute Gasteiger partial charge is 0.181 e. The minimum atomic E-state index is 0.135. The number of nitrogens with two attached hydrogens (primary N) is 1. The highest BCUT2D eigenvalue weighted by molar-refractivity contribution is 5.72. The van der Waals surface area contributed by atoms with Crippen molar-refractivity contribution in [3.63, 3.8) is 0 Å². The number of hydrogen-bond acceptors (Lipinski definition) is 3. The van der Waals surface area contributed by atoms with Crippen molar-refractivity contribution in [1.29, 1.82) is 0 Å². The van der Waals surface area contributed by atoms with Crippen molar-refractivity contribution in [2.24, 2.45) is 5.73 Å². The Bertz CT molecular complexity index is 485. The molecule has 0 saturated heterocycles. The summed E-state index contributed by atoms with van der Waals surface area (Å²) in [5.41, 5.74) is 9.27. The second-order valence-electron chi connectivity index (χ2n) is 4.52. The van der Waals surface area contributed by atoms with Gasteiger partial charge >= 0.3 is 0 Å². The molecule has 78 valence electrons. The molecular weight excluding hydrogens is 188 g/mol. The van der Waals surface area contributed by atoms with Crippen molar-refractivity contribution in [2.75, 3.05) is 0 Å². The lowest BCUT2D eigenvalue weighted by Crippen LogP contribution is -2.22. The number of benzene rings is 1. The van der Waals surface area contributed by atoms with Crippen LogP contribution in [-0.4, -0.2) is 10.5 Å². The van der Waals surface area contributed by atoms with Gasteiger partial charge in [-0.3, -0.25) is 0 Å². The third kappa shape index (κ3) is 1.75. The van der Waals surface area contributed by atoms with Crippen molar-refractivity contribution >= 4 is 11.1 Å². The van der Waals surface area contributed by atoms with Gasteiger partial charge in [0.25, 0.3) is 0 Å². The Morgan fingerprint density at radius 3 is 3.07 bits per heavy atom. The van der Waals surface area contributed by atoms with Crippen LogP contribution in [0.25, 0.3) is 11.1 Å². The molecule has 15 heavy (non-hydrogen) atoms. The van der Waals surface area contributed by atoms with Gasteiger partial charge in [-0.05, 0) is 43.4 Å². The number of oxazole rings is 1. The van der Waals surface area contributed by atoms with Crippen LogP contribution in [0.2, 0.25) is 0 Å². The molecule has 1 aromatic carbocycles. The summed E-state index contributed by atoms with van der Waals surface area (Å²) in [6.07, 6.45) is 5.95. The number of aryl methyl sites for hydroxylation is 1. The highest BCUT2D eigenvalue weighted by Crippen LogP contribution is 2.36. The van der Waals surface area contributed by atoms with Crippen LogP contribution in [0, 0.1) is 0 Å². The molecule has 2 N–H and O–H groups in total. The van der Waals surface area contributed by atoms with E-state index in [1.54, 1.807) is 0 Å². The van der Waals surface area contributed by atoms with Crippen LogP contribution in [0.5, 0.6) is 0 Å². The zero-order chi connectivity index (χ0) is 10.3. The molecule has 3 nitrogen and oxygen atoms in total. The Hall–Kier alpha value is -1.35. The standard InChI is InChI=1S/C12H14N2O/c13-12(5-6-12)4-3-9-1-2-10-11(7-9)15-8-14-10/h1-2,7-8H,3-6,13H2. The van der Waals surface area contributed by atoms with E-state index in [9.17, 15) is 0 Å². The number of fused-ring (bicyclic) bond motifs is 1. The summed E-state index contributed by atoms with van der Waals surface area (Å²) in [4.78, 5) is 4.09. The van der Waals surface area contributed by atoms with Crippen molar-refractivity contribution < 1.29 is 4.42 Å². The molecule has 1 aliphatic rings. The van der Waals surface area contributed by atoms with E-state index >= 15 is 0 Å². The monoisotopic (exact) mass is 202 g/mol. The minimum absolute atomic E-state index is 0.135. The van der Waals surface area contributed by atoms with Crippen LogP contribution < -0.4 is 5.73 Å². The first kappa shape index (κ1) is 8.92. The van der Waals surface area contributed by atoms with Gasteiger partial charge in [-0.15, -0.1) is 0 Å². The van der Waals surface area contributed by atoms with Gasteiger partial charge in [-0.2, -0.15) is 0 Å². The Morgan fingerprint density at radius 2 is 2.27 bits per heavy atom. The van der Waals surface area contributed by atoms with E-state index in [0.717, 1.165) is 23.9 Å². The zero-order valence-corrected chi connectivity index (χ0v) is 8.57. The second kappa shape index (κ2) is 3.07. The van der Waals surface area contributed by atoms with Crippen LogP contribution >= 0.6 is 0 Å². The van der Waals surface area contributed by atoms with Crippen molar-refractivity contribution in [3.05, 3.63) is 30.2 Å². The fourth-order valence-corrected chi connectivity index (χ4v) is 1.86. The van der Waals surface area contributed by atoms with Crippen LogP contribution in [0.1, 0.15) is 24.8 Å². The highest BCUT2D eigenvalue weighted by atomic mass is 16.3. The number of aromatic nitrogens is 1. The van der Waals surface area contributed by atoms with E-state index in [0.29, 0.717) is 0 Å². The molecule has 0 amide bonds. The normalized spacial score (nSPS) is 18.2. The van der Waals surface area contributed by atoms with Gasteiger partial charge in [0.1, 0.15) is 5.52 Å². The molecule has 3 rings (SSSR count). The zero-order valence-electron chi connectivity index (χ0n) is 8.57. The first-order valence-corrected chi connectivity index (χ1v) is 5.36. The number of nitrogens with zero attached hydrogens (tertiary/aromatic N) is 1. The van der Waals surface area contributed by atoms with Crippen molar-refractivity contribution in [3.8, 4) is 0 Å². The average Bonchev–Trinajstić information content (AvgIpc) is 2.80. The molecule has 1 fully saturated rings. The van der Waals surface area contributed by atoms with Gasteiger partial charge in [0.15, 0.2) is 12.0 Å². The molecular formula is C12H14N2O. The quantitative estimate of drug-likeness (QED) is 0.830. The molecule has 1 heterocycles. The van der Waals surface area contributed by atoms with Gasteiger partial charge in [0.05, 0.1) is 0 Å². The highest BCUT2D eigenvalue weighted by Gasteiger charge is 2.37. The molecule has 0 spiro atoms. The van der Waals surface area contributed by atoms with Crippen LogP contribution in [0.15, 0.2) is 29.0 Å². The van der Waals surface area contributed by atoms with E-state index in [-0.39, 0.29) is 5.54 Å². The SMILES string of the molecule is NC1(CCc2ccc3ncoc3c2)CC1. The van der Waals surface area contributed by atoms with E-state index in [1.165, 1.54) is 24.8 Å². The van der Waals surface area contributed by atoms with Crippen LogP contribution in [-0.2, 0) is 6.42 Å². The Morgan fingerprint density at radius 1 is 1.40 bits per heavy atom. The summed E-state index contributed by atoms with van der Waals surface area (Å²) in [5, 5.41) is 0. The molecule has 1 saturated carbocycles. The maximum absolute atomic E-state index is 6.05. The van der Waals surface area contributed by atoms with Crippen molar-refractivity contribution in [2.45, 2.75) is 31.2 Å². The van der Waals surface area contributed by atoms with Gasteiger partial charge in [-0.1, -0.05) is 6.07 Å². The number of rotatable bonds is 3. The summed E-state index contributed by atoms with van der Waals surface area (Å²) in [5.74, 6) is 0. The Balaban J connectivity index is 1.78. The molecule has 0 atom stereocenters. The van der Waals surface area contributed by atoms with Gasteiger partial charge in [-0.25, -0.2) is 4.98 Å². The van der Waals surface area contributed by atoms with Crippen molar-refractivity contribution in [1.82, 2.24) is 4.98 Å². The summed E-state index contributed by atoms with van der Waals surface area (Å²) in [6, 6.07) is 6.18. The first-order chi connectivity index (χ1) is 7.25. The lowest BCUT2D eigenvalue weighted by molar-refractivity contribution is 0.597. The molecule has 2 aromatic rings. The van der Waals surface area contributed by atoms with E-state index in [4.69, 9.17) is 10.2 Å². The topological polar surface area (TPSA) is 52.0 Å². The second-order valence-corrected chi connectivity index (χ2v) is 4.52. The predicted octanol–water partition coefficient (Wildman–Crippen LogP) is 2.25. The lowest BCUT2D eigenvalue weighted by Gasteiger charge is -2.07. The summed E-state index contributed by atoms with van der Waals surface area (Å²) >= 11 is 0. The molecule has 3 heteroatoms. The molecule has 1 aliphatic carbocycles. The first-order valence-electron chi connectivity index (χ1n) is 5.36. The van der Waals surface area contributed by atoms with E-state index in [2.05, 4.69) is 17.1 Å². The molecule has 0 radical (unpaired) electrons. The third-order valence-corrected chi connectivity index (χ3v) is 3.20. The Kier molecular flexibility index (Phi) is 1.83. The largest absolute Gasteiger partial charge is 0.443 e. The van der Waals surface area contributed by atoms with E-state index < -0.39 is 0 Å². The maximum atomic E-state index is 6.05. The maximum Gasteiger partial charge on any atom is 0.181 e. The molecule has 0 aliphatic heterocycles. The lowest BCUT2D eigenvalue weighted by atomic mass is 10.0. The molecule has 0 bridgehead atoms. The third-order valence-electron chi connectivity index (χ3n) is 3.20. The fourth-order valence-electron chi connectivity index (χ4n) is 1.86. The average molecular weight is 202 g/mol. The van der Waals surface area contributed by atoms with Gasteiger partial charge in [0.2, 0.25) is 0 Å². The molecule has 0 unspecified atom stereocenters. The Labute approximate surface area is 88.3 Å². The predicted molar refractivity (Wildman–Crippen MR) is 58.5 cm³/mol. The number of hydrogen-bond donors (Lipinski definition) is 1. The van der Waals surface area contributed by atoms with Gasteiger partial charge < -0.3 is 10.2 Å². The summed E-state index contributed by atoms with van der Waals surface area (Å²) in [6.45, 7) is 0. The molecule has 1 aromatic heterocycles. The fraction of sp³-hybridized carbons (Fsp3) is 0.417. The van der Waals surface area contributed by atoms with Crippen LogP contribution in [0.4, 0.5) is 0 Å². The van der Waals surface area contributed by atoms with Crippen LogP contribution in [0.3, 0.4) is 0 Å². The van der Waals surface area contributed by atoms with Gasteiger partial charge in [0, 0.05) is 5.54 Å². The summed E-state index contributed by atoms with van der Waals surface area (Å²) in [7, 11) is 0. The van der Waals surface area contributed by atoms with E-state index in [1.807, 2.05) is 6.07 Å². The minimum Gasteiger partial charge on any atom is -0.443 e. The summed E-state index contributed by atoms with van der Waals surface area (Å²) < 4.78 is 5.26.